The monoisotopic (exact) mass is 495 g/mol. The molecule has 0 aromatic heterocycles. The molecule has 162 valence electrons. The number of likely N-dealkylation sites (N-methyl/N-ethyl adjacent to an activating group) is 1. The molecule has 0 aliphatic rings. The fourth-order valence-electron chi connectivity index (χ4n) is 2.93. The Kier molecular flexibility index (Phi) is 8.03. The molecule has 0 radical (unpaired) electrons. The van der Waals surface area contributed by atoms with Crippen molar-refractivity contribution in [1.29, 1.82) is 0 Å². The third kappa shape index (κ3) is 6.30. The van der Waals surface area contributed by atoms with Crippen LogP contribution in [0.3, 0.4) is 0 Å². The molecule has 0 saturated heterocycles. The number of halogens is 1. The van der Waals surface area contributed by atoms with Crippen LogP contribution >= 0.6 is 15.9 Å². The van der Waals surface area contributed by atoms with Crippen molar-refractivity contribution < 1.29 is 18.0 Å². The number of carbonyl (C=O) groups is 2. The summed E-state index contributed by atoms with van der Waals surface area (Å²) in [5.41, 5.74) is 2.29. The molecule has 0 spiro atoms. The number of amides is 2. The molecule has 1 N–H and O–H groups in total. The molecule has 0 unspecified atom stereocenters. The van der Waals surface area contributed by atoms with Crippen LogP contribution in [-0.2, 0) is 26.2 Å². The van der Waals surface area contributed by atoms with E-state index in [9.17, 15) is 18.0 Å². The summed E-state index contributed by atoms with van der Waals surface area (Å²) in [5.74, 6) is -0.805. The highest BCUT2D eigenvalue weighted by Crippen LogP contribution is 2.23. The lowest BCUT2D eigenvalue weighted by Gasteiger charge is -2.31. The van der Waals surface area contributed by atoms with Gasteiger partial charge in [0.1, 0.15) is 12.6 Å². The molecule has 2 aromatic rings. The second-order valence-electron chi connectivity index (χ2n) is 7.05. The summed E-state index contributed by atoms with van der Waals surface area (Å²) in [4.78, 5) is 26.9. The van der Waals surface area contributed by atoms with Gasteiger partial charge in [-0.1, -0.05) is 51.8 Å². The molecule has 0 aliphatic heterocycles. The van der Waals surface area contributed by atoms with Crippen molar-refractivity contribution in [2.24, 2.45) is 0 Å². The van der Waals surface area contributed by atoms with Gasteiger partial charge in [-0.05, 0) is 37.6 Å². The van der Waals surface area contributed by atoms with Gasteiger partial charge >= 0.3 is 0 Å². The van der Waals surface area contributed by atoms with Crippen LogP contribution in [-0.4, -0.2) is 51.0 Å². The van der Waals surface area contributed by atoms with E-state index >= 15 is 0 Å². The number of anilines is 1. The molecule has 2 rings (SSSR count). The Bertz CT molecular complexity index is 1010. The van der Waals surface area contributed by atoms with Gasteiger partial charge in [0.05, 0.1) is 11.9 Å². The standard InChI is InChI=1S/C21H26BrN3O4S/c1-15-8-10-17(11-9-15)13-24(16(2)21(27)23-3)20(26)14-25(30(4,28)29)19-7-5-6-18(22)12-19/h5-12,16H,13-14H2,1-4H3,(H,23,27)/t16-/m0/s1. The summed E-state index contributed by atoms with van der Waals surface area (Å²) < 4.78 is 26.6. The summed E-state index contributed by atoms with van der Waals surface area (Å²) in [5, 5.41) is 2.55. The second kappa shape index (κ2) is 10.1. The third-order valence-corrected chi connectivity index (χ3v) is 6.30. The van der Waals surface area contributed by atoms with Crippen molar-refractivity contribution in [2.75, 3.05) is 24.2 Å². The van der Waals surface area contributed by atoms with Crippen molar-refractivity contribution in [3.05, 3.63) is 64.1 Å². The van der Waals surface area contributed by atoms with Crippen LogP contribution < -0.4 is 9.62 Å². The molecule has 2 aromatic carbocycles. The van der Waals surface area contributed by atoms with Gasteiger partial charge in [-0.3, -0.25) is 13.9 Å². The van der Waals surface area contributed by atoms with Gasteiger partial charge < -0.3 is 10.2 Å². The molecular formula is C21H26BrN3O4S. The summed E-state index contributed by atoms with van der Waals surface area (Å²) in [6.45, 7) is 3.35. The van der Waals surface area contributed by atoms with E-state index in [1.165, 1.54) is 11.9 Å². The maximum atomic E-state index is 13.2. The number of carbonyl (C=O) groups excluding carboxylic acids is 2. The first-order chi connectivity index (χ1) is 14.0. The highest BCUT2D eigenvalue weighted by Gasteiger charge is 2.29. The molecule has 0 heterocycles. The average Bonchev–Trinajstić information content (AvgIpc) is 2.69. The quantitative estimate of drug-likeness (QED) is 0.609. The predicted molar refractivity (Wildman–Crippen MR) is 122 cm³/mol. The molecule has 0 saturated carbocycles. The van der Waals surface area contributed by atoms with E-state index in [2.05, 4.69) is 21.2 Å². The fourth-order valence-corrected chi connectivity index (χ4v) is 4.16. The van der Waals surface area contributed by atoms with Crippen molar-refractivity contribution in [3.8, 4) is 0 Å². The molecule has 0 fully saturated rings. The molecular weight excluding hydrogens is 470 g/mol. The van der Waals surface area contributed by atoms with E-state index in [1.54, 1.807) is 31.2 Å². The summed E-state index contributed by atoms with van der Waals surface area (Å²) >= 11 is 3.32. The molecule has 0 aliphatic carbocycles. The van der Waals surface area contributed by atoms with Gasteiger partial charge in [0, 0.05) is 18.1 Å². The van der Waals surface area contributed by atoms with Crippen LogP contribution in [0.1, 0.15) is 18.1 Å². The van der Waals surface area contributed by atoms with Gasteiger partial charge in [-0.2, -0.15) is 0 Å². The van der Waals surface area contributed by atoms with Crippen molar-refractivity contribution in [1.82, 2.24) is 10.2 Å². The van der Waals surface area contributed by atoms with E-state index in [4.69, 9.17) is 0 Å². The Morgan fingerprint density at radius 1 is 1.13 bits per heavy atom. The zero-order valence-electron chi connectivity index (χ0n) is 17.4. The fraction of sp³-hybridized carbons (Fsp3) is 0.333. The first-order valence-electron chi connectivity index (χ1n) is 9.33. The minimum Gasteiger partial charge on any atom is -0.357 e. The average molecular weight is 496 g/mol. The largest absolute Gasteiger partial charge is 0.357 e. The van der Waals surface area contributed by atoms with E-state index < -0.39 is 28.5 Å². The lowest BCUT2D eigenvalue weighted by atomic mass is 10.1. The van der Waals surface area contributed by atoms with Crippen LogP contribution in [0.25, 0.3) is 0 Å². The Hall–Kier alpha value is -2.39. The van der Waals surface area contributed by atoms with Crippen LogP contribution in [0, 0.1) is 6.92 Å². The lowest BCUT2D eigenvalue weighted by Crippen LogP contribution is -2.50. The maximum Gasteiger partial charge on any atom is 0.244 e. The van der Waals surface area contributed by atoms with E-state index in [-0.39, 0.29) is 12.5 Å². The maximum absolute atomic E-state index is 13.2. The highest BCUT2D eigenvalue weighted by atomic mass is 79.9. The number of hydrogen-bond donors (Lipinski definition) is 1. The van der Waals surface area contributed by atoms with Gasteiger partial charge in [0.25, 0.3) is 0 Å². The Morgan fingerprint density at radius 3 is 2.30 bits per heavy atom. The Labute approximate surface area is 186 Å². The Balaban J connectivity index is 2.36. The minimum absolute atomic E-state index is 0.184. The number of nitrogens with one attached hydrogen (secondary N) is 1. The van der Waals surface area contributed by atoms with E-state index in [1.807, 2.05) is 31.2 Å². The zero-order valence-corrected chi connectivity index (χ0v) is 19.8. The molecule has 2 amide bonds. The van der Waals surface area contributed by atoms with Crippen LogP contribution in [0.4, 0.5) is 5.69 Å². The van der Waals surface area contributed by atoms with Crippen LogP contribution in [0.5, 0.6) is 0 Å². The predicted octanol–water partition coefficient (Wildman–Crippen LogP) is 2.69. The summed E-state index contributed by atoms with van der Waals surface area (Å²) in [7, 11) is -2.23. The smallest absolute Gasteiger partial charge is 0.244 e. The number of aryl methyl sites for hydroxylation is 1. The van der Waals surface area contributed by atoms with E-state index in [0.29, 0.717) is 10.2 Å². The molecule has 0 bridgehead atoms. The van der Waals surface area contributed by atoms with Crippen molar-refractivity contribution in [2.45, 2.75) is 26.4 Å². The highest BCUT2D eigenvalue weighted by molar-refractivity contribution is 9.10. The molecule has 7 nitrogen and oxygen atoms in total. The van der Waals surface area contributed by atoms with Crippen LogP contribution in [0.2, 0.25) is 0 Å². The van der Waals surface area contributed by atoms with Gasteiger partial charge in [-0.15, -0.1) is 0 Å². The van der Waals surface area contributed by atoms with Gasteiger partial charge in [0.15, 0.2) is 0 Å². The van der Waals surface area contributed by atoms with Gasteiger partial charge in [-0.25, -0.2) is 8.42 Å². The lowest BCUT2D eigenvalue weighted by molar-refractivity contribution is -0.139. The number of benzene rings is 2. The number of nitrogens with zero attached hydrogens (tertiary/aromatic N) is 2. The van der Waals surface area contributed by atoms with Crippen LogP contribution in [0.15, 0.2) is 53.0 Å². The second-order valence-corrected chi connectivity index (χ2v) is 9.87. The molecule has 30 heavy (non-hydrogen) atoms. The third-order valence-electron chi connectivity index (χ3n) is 4.66. The van der Waals surface area contributed by atoms with E-state index in [0.717, 1.165) is 21.7 Å². The normalized spacial score (nSPS) is 12.2. The SMILES string of the molecule is CNC(=O)[C@H](C)N(Cc1ccc(C)cc1)C(=O)CN(c1cccc(Br)c1)S(C)(=O)=O. The zero-order chi connectivity index (χ0) is 22.5. The summed E-state index contributed by atoms with van der Waals surface area (Å²) in [6, 6.07) is 13.5. The first-order valence-corrected chi connectivity index (χ1v) is 12.0. The summed E-state index contributed by atoms with van der Waals surface area (Å²) in [6.07, 6.45) is 1.05. The Morgan fingerprint density at radius 2 is 1.77 bits per heavy atom. The van der Waals surface area contributed by atoms with Crippen molar-refractivity contribution >= 4 is 43.5 Å². The molecule has 1 atom stereocenters. The van der Waals surface area contributed by atoms with Gasteiger partial charge in [0.2, 0.25) is 21.8 Å². The number of hydrogen-bond acceptors (Lipinski definition) is 4. The topological polar surface area (TPSA) is 86.8 Å². The number of rotatable bonds is 8. The number of sulfonamides is 1. The first kappa shape index (κ1) is 23.9. The minimum atomic E-state index is -3.73. The van der Waals surface area contributed by atoms with Crippen molar-refractivity contribution in [3.63, 3.8) is 0 Å². The molecule has 9 heteroatoms.